The van der Waals surface area contributed by atoms with Gasteiger partial charge in [-0.15, -0.1) is 0 Å². The molecule has 0 N–H and O–H groups in total. The molecule has 222 valence electrons. The Labute approximate surface area is 249 Å². The van der Waals surface area contributed by atoms with E-state index in [1.807, 2.05) is 48.5 Å². The highest BCUT2D eigenvalue weighted by molar-refractivity contribution is 6.20. The zero-order chi connectivity index (χ0) is 30.9. The zero-order valence-electron chi connectivity index (χ0n) is 24.4. The molecule has 0 aromatic heterocycles. The van der Waals surface area contributed by atoms with E-state index in [1.165, 1.54) is 12.1 Å². The van der Waals surface area contributed by atoms with Crippen molar-refractivity contribution in [3.63, 3.8) is 0 Å². The normalized spacial score (nSPS) is 14.5. The van der Waals surface area contributed by atoms with Crippen molar-refractivity contribution in [3.05, 3.63) is 95.1 Å². The summed E-state index contributed by atoms with van der Waals surface area (Å²) in [5.41, 5.74) is 3.43. The van der Waals surface area contributed by atoms with Crippen molar-refractivity contribution in [1.29, 1.82) is 0 Å². The summed E-state index contributed by atoms with van der Waals surface area (Å²) in [4.78, 5) is 71.4. The number of hydroxylamine groups is 2. The third kappa shape index (κ3) is 5.86. The van der Waals surface area contributed by atoms with E-state index in [4.69, 9.17) is 14.3 Å². The molecule has 0 radical (unpaired) electrons. The number of nitrogens with zero attached hydrogens (tertiary/aromatic N) is 2. The summed E-state index contributed by atoms with van der Waals surface area (Å²) in [5.74, 6) is -3.75. The fourth-order valence-corrected chi connectivity index (χ4v) is 5.39. The van der Waals surface area contributed by atoms with Gasteiger partial charge in [0.15, 0.2) is 0 Å². The van der Waals surface area contributed by atoms with Crippen molar-refractivity contribution in [1.82, 2.24) is 9.96 Å². The highest BCUT2D eigenvalue weighted by Gasteiger charge is 2.41. The van der Waals surface area contributed by atoms with E-state index in [2.05, 4.69) is 0 Å². The third-order valence-corrected chi connectivity index (χ3v) is 7.28. The van der Waals surface area contributed by atoms with Gasteiger partial charge in [0, 0.05) is 12.5 Å². The van der Waals surface area contributed by atoms with Gasteiger partial charge in [0.05, 0.1) is 17.5 Å². The predicted octanol–water partition coefficient (Wildman–Crippen LogP) is 5.11. The van der Waals surface area contributed by atoms with Crippen LogP contribution >= 0.6 is 0 Å². The summed E-state index contributed by atoms with van der Waals surface area (Å²) < 4.78 is 11.3. The Morgan fingerprint density at radius 2 is 1.30 bits per heavy atom. The van der Waals surface area contributed by atoms with Gasteiger partial charge in [0.1, 0.15) is 18.2 Å². The maximum Gasteiger partial charge on any atom is 0.410 e. The Kier molecular flexibility index (Phi) is 8.04. The van der Waals surface area contributed by atoms with Crippen LogP contribution in [0.3, 0.4) is 0 Å². The lowest BCUT2D eigenvalue weighted by atomic mass is 9.98. The van der Waals surface area contributed by atoms with Crippen molar-refractivity contribution >= 4 is 29.8 Å². The van der Waals surface area contributed by atoms with Crippen LogP contribution in [0.2, 0.25) is 0 Å². The summed E-state index contributed by atoms with van der Waals surface area (Å²) in [6.45, 7) is 6.60. The number of hydrogen-bond acceptors (Lipinski definition) is 8. The summed E-state index contributed by atoms with van der Waals surface area (Å²) in [5, 5.41) is 0.364. The highest BCUT2D eigenvalue weighted by atomic mass is 16.7. The molecule has 3 amide bonds. The van der Waals surface area contributed by atoms with Crippen molar-refractivity contribution in [2.24, 2.45) is 0 Å². The molecule has 3 aromatic carbocycles. The van der Waals surface area contributed by atoms with E-state index in [0.717, 1.165) is 27.2 Å². The lowest BCUT2D eigenvalue weighted by Gasteiger charge is -2.31. The van der Waals surface area contributed by atoms with Crippen molar-refractivity contribution < 1.29 is 38.3 Å². The van der Waals surface area contributed by atoms with Crippen LogP contribution in [-0.2, 0) is 23.9 Å². The van der Waals surface area contributed by atoms with Gasteiger partial charge in [-0.25, -0.2) is 14.4 Å². The molecule has 0 bridgehead atoms. The first-order chi connectivity index (χ1) is 20.5. The van der Waals surface area contributed by atoms with Gasteiger partial charge in [0.25, 0.3) is 11.8 Å². The molecule has 43 heavy (non-hydrogen) atoms. The van der Waals surface area contributed by atoms with E-state index in [-0.39, 0.29) is 30.2 Å². The molecule has 0 unspecified atom stereocenters. The van der Waals surface area contributed by atoms with E-state index >= 15 is 0 Å². The number of esters is 1. The molecule has 0 spiro atoms. The van der Waals surface area contributed by atoms with Crippen LogP contribution in [0.1, 0.15) is 71.9 Å². The van der Waals surface area contributed by atoms with Gasteiger partial charge in [-0.3, -0.25) is 14.5 Å². The van der Waals surface area contributed by atoms with E-state index < -0.39 is 47.9 Å². The van der Waals surface area contributed by atoms with E-state index in [1.54, 1.807) is 39.8 Å². The minimum atomic E-state index is -1.44. The number of amides is 3. The first-order valence-electron chi connectivity index (χ1n) is 14.0. The smallest absolute Gasteiger partial charge is 0.410 e. The number of imide groups is 1. The van der Waals surface area contributed by atoms with Crippen LogP contribution in [0, 0.1) is 0 Å². The lowest BCUT2D eigenvalue weighted by Crippen LogP contribution is -2.49. The van der Waals surface area contributed by atoms with Gasteiger partial charge in [-0.05, 0) is 62.1 Å². The number of carbonyl (C=O) groups is 5. The number of likely N-dealkylation sites (N-methyl/N-ethyl adjacent to an activating group) is 1. The molecule has 0 fully saturated rings. The summed E-state index contributed by atoms with van der Waals surface area (Å²) in [7, 11) is 0. The molecular formula is C33H32N2O8. The molecule has 0 saturated carbocycles. The monoisotopic (exact) mass is 584 g/mol. The first kappa shape index (κ1) is 29.5. The van der Waals surface area contributed by atoms with Crippen LogP contribution in [0.5, 0.6) is 0 Å². The molecular weight excluding hydrogens is 552 g/mol. The predicted molar refractivity (Wildman–Crippen MR) is 155 cm³/mol. The molecule has 10 nitrogen and oxygen atoms in total. The molecule has 1 heterocycles. The molecule has 2 aliphatic rings. The molecule has 5 rings (SSSR count). The van der Waals surface area contributed by atoms with Gasteiger partial charge in [0.2, 0.25) is 0 Å². The highest BCUT2D eigenvalue weighted by Crippen LogP contribution is 2.44. The second-order valence-corrected chi connectivity index (χ2v) is 11.3. The second-order valence-electron chi connectivity index (χ2n) is 11.3. The minimum Gasteiger partial charge on any atom is -0.458 e. The van der Waals surface area contributed by atoms with Crippen molar-refractivity contribution in [2.45, 2.75) is 51.7 Å². The van der Waals surface area contributed by atoms with Crippen LogP contribution in [0.15, 0.2) is 72.8 Å². The molecule has 1 aliphatic heterocycles. The number of benzene rings is 3. The fourth-order valence-electron chi connectivity index (χ4n) is 5.39. The quantitative estimate of drug-likeness (QED) is 0.265. The number of ether oxygens (including phenoxy) is 2. The third-order valence-electron chi connectivity index (χ3n) is 7.28. The topological polar surface area (TPSA) is 120 Å². The zero-order valence-corrected chi connectivity index (χ0v) is 24.4. The minimum absolute atomic E-state index is 0.000873. The number of rotatable bonds is 8. The van der Waals surface area contributed by atoms with Crippen molar-refractivity contribution in [3.8, 4) is 11.1 Å². The maximum absolute atomic E-state index is 13.5. The maximum atomic E-state index is 13.5. The fraction of sp³-hybridized carbons (Fsp3) is 0.303. The molecule has 10 heteroatoms. The van der Waals surface area contributed by atoms with Gasteiger partial charge >= 0.3 is 18.0 Å². The van der Waals surface area contributed by atoms with Crippen molar-refractivity contribution in [2.75, 3.05) is 13.2 Å². The second kappa shape index (κ2) is 11.7. The number of fused-ring (bicyclic) bond motifs is 4. The Balaban J connectivity index is 1.33. The Bertz CT molecular complexity index is 1530. The number of hydrogen-bond donors (Lipinski definition) is 0. The first-order valence-corrected chi connectivity index (χ1v) is 14.0. The summed E-state index contributed by atoms with van der Waals surface area (Å²) in [6, 6.07) is 20.4. The van der Waals surface area contributed by atoms with Crippen LogP contribution in [-0.4, -0.2) is 64.6 Å². The summed E-state index contributed by atoms with van der Waals surface area (Å²) >= 11 is 0. The van der Waals surface area contributed by atoms with Crippen LogP contribution in [0.4, 0.5) is 4.79 Å². The average molecular weight is 585 g/mol. The molecule has 1 aliphatic carbocycles. The Hall–Kier alpha value is -4.99. The van der Waals surface area contributed by atoms with E-state index in [9.17, 15) is 24.0 Å². The van der Waals surface area contributed by atoms with Gasteiger partial charge < -0.3 is 14.3 Å². The largest absolute Gasteiger partial charge is 0.458 e. The summed E-state index contributed by atoms with van der Waals surface area (Å²) in [6.07, 6.45) is -1.51. The van der Waals surface area contributed by atoms with E-state index in [0.29, 0.717) is 5.06 Å². The lowest BCUT2D eigenvalue weighted by molar-refractivity contribution is -0.175. The van der Waals surface area contributed by atoms with Gasteiger partial charge in [-0.2, -0.15) is 0 Å². The van der Waals surface area contributed by atoms with Crippen LogP contribution < -0.4 is 0 Å². The molecule has 3 aromatic rings. The average Bonchev–Trinajstić information content (AvgIpc) is 3.42. The molecule has 0 saturated heterocycles. The standard InChI is InChI=1S/C33H32N2O8/c1-5-34(32(40)41-19-26-22-14-8-6-12-20(22)21-13-7-9-15-23(21)26)27(31(39)42-33(2,3)4)18-28(36)43-35-29(37)24-16-10-11-17-25(24)30(35)38/h6-17,26-27H,5,18-19H2,1-4H3/t27-/m0/s1. The Morgan fingerprint density at radius 3 is 1.79 bits per heavy atom. The van der Waals surface area contributed by atoms with Gasteiger partial charge in [-0.1, -0.05) is 65.7 Å². The number of carbonyl (C=O) groups excluding carboxylic acids is 5. The SMILES string of the molecule is CCN(C(=O)OCC1c2ccccc2-c2ccccc21)[C@@H](CC(=O)ON1C(=O)c2ccccc2C1=O)C(=O)OC(C)(C)C. The van der Waals surface area contributed by atoms with Crippen LogP contribution in [0.25, 0.3) is 11.1 Å². The molecule has 1 atom stereocenters. The Morgan fingerprint density at radius 1 is 0.814 bits per heavy atom.